The van der Waals surface area contributed by atoms with Gasteiger partial charge in [0.05, 0.1) is 15.7 Å². The summed E-state index contributed by atoms with van der Waals surface area (Å²) in [7, 11) is 0. The topological polar surface area (TPSA) is 102 Å². The van der Waals surface area contributed by atoms with Gasteiger partial charge in [0.15, 0.2) is 12.4 Å². The van der Waals surface area contributed by atoms with Gasteiger partial charge in [-0.1, -0.05) is 41.4 Å². The molecule has 0 bridgehead atoms. The van der Waals surface area contributed by atoms with Crippen LogP contribution in [0.15, 0.2) is 48.0 Å². The fourth-order valence-electron chi connectivity index (χ4n) is 2.43. The highest BCUT2D eigenvalue weighted by molar-refractivity contribution is 6.37. The van der Waals surface area contributed by atoms with Gasteiger partial charge in [0.1, 0.15) is 5.57 Å². The van der Waals surface area contributed by atoms with Crippen LogP contribution in [0.25, 0.3) is 6.08 Å². The summed E-state index contributed by atoms with van der Waals surface area (Å²) in [6, 6.07) is 11.6. The summed E-state index contributed by atoms with van der Waals surface area (Å²) in [6.07, 6.45) is 1.37. The van der Waals surface area contributed by atoms with E-state index in [0.29, 0.717) is 11.3 Å². The van der Waals surface area contributed by atoms with Crippen molar-refractivity contribution >= 4 is 52.7 Å². The zero-order valence-electron chi connectivity index (χ0n) is 13.7. The van der Waals surface area contributed by atoms with Crippen LogP contribution in [-0.2, 0) is 14.4 Å². The van der Waals surface area contributed by atoms with Crippen molar-refractivity contribution in [3.8, 4) is 5.75 Å². The number of hydrogen-bond acceptors (Lipinski definition) is 4. The average molecular weight is 406 g/mol. The third-order valence-electron chi connectivity index (χ3n) is 3.60. The average Bonchev–Trinajstić information content (AvgIpc) is 2.90. The molecule has 1 saturated heterocycles. The van der Waals surface area contributed by atoms with Crippen LogP contribution in [0.5, 0.6) is 5.75 Å². The molecule has 3 rings (SSSR count). The highest BCUT2D eigenvalue weighted by Gasteiger charge is 2.34. The predicted octanol–water partition coefficient (Wildman–Crippen LogP) is 2.32. The summed E-state index contributed by atoms with van der Waals surface area (Å²) in [5.74, 6) is -1.65. The van der Waals surface area contributed by atoms with Gasteiger partial charge in [-0.25, -0.2) is 5.01 Å². The summed E-state index contributed by atoms with van der Waals surface area (Å²) in [6.45, 7) is -0.382. The van der Waals surface area contributed by atoms with Crippen molar-refractivity contribution in [1.82, 2.24) is 5.43 Å². The molecule has 1 aliphatic heterocycles. The molecular weight excluding hydrogens is 393 g/mol. The fourth-order valence-corrected chi connectivity index (χ4v) is 3.04. The molecule has 1 heterocycles. The number of ether oxygens (including phenoxy) is 1. The van der Waals surface area contributed by atoms with Crippen LogP contribution < -0.4 is 20.9 Å². The molecule has 0 aliphatic carbocycles. The smallest absolute Gasteiger partial charge is 0.282 e. The molecule has 0 unspecified atom stereocenters. The number of anilines is 1. The molecule has 0 radical (unpaired) electrons. The Hall–Kier alpha value is -3.03. The van der Waals surface area contributed by atoms with Crippen LogP contribution >= 0.6 is 23.2 Å². The number of halogens is 2. The van der Waals surface area contributed by atoms with Gasteiger partial charge in [-0.2, -0.15) is 0 Å². The van der Waals surface area contributed by atoms with Crippen molar-refractivity contribution in [2.24, 2.45) is 5.73 Å². The number of nitrogens with one attached hydrogen (secondary N) is 1. The summed E-state index contributed by atoms with van der Waals surface area (Å²) in [5.41, 5.74) is 8.40. The molecule has 7 nitrogen and oxygen atoms in total. The third kappa shape index (κ3) is 4.05. The van der Waals surface area contributed by atoms with Gasteiger partial charge in [-0.15, -0.1) is 0 Å². The number of hydrogen-bond donors (Lipinski definition) is 2. The second-order valence-corrected chi connectivity index (χ2v) is 6.36. The number of nitrogens with zero attached hydrogens (tertiary/aromatic N) is 1. The quantitative estimate of drug-likeness (QED) is 0.588. The lowest BCUT2D eigenvalue weighted by atomic mass is 10.1. The number of hydrazine groups is 1. The lowest BCUT2D eigenvalue weighted by molar-refractivity contribution is -0.120. The molecular formula is C18H13Cl2N3O4. The molecule has 0 saturated carbocycles. The van der Waals surface area contributed by atoms with E-state index >= 15 is 0 Å². The Kier molecular flexibility index (Phi) is 5.34. The van der Waals surface area contributed by atoms with E-state index in [1.807, 2.05) is 0 Å². The number of carbonyl (C=O) groups excluding carboxylic acids is 3. The second-order valence-electron chi connectivity index (χ2n) is 5.54. The van der Waals surface area contributed by atoms with E-state index in [9.17, 15) is 14.4 Å². The number of para-hydroxylation sites is 1. The van der Waals surface area contributed by atoms with Crippen molar-refractivity contribution in [3.63, 3.8) is 0 Å². The van der Waals surface area contributed by atoms with Crippen LogP contribution in [0.4, 0.5) is 5.69 Å². The first kappa shape index (κ1) is 18.8. The molecule has 0 atom stereocenters. The standard InChI is InChI=1S/C18H13Cl2N3O4/c19-13-7-10(8-14(20)16(13)27-9-15(21)24)6-12-17(25)22-23(18(12)26)11-4-2-1-3-5-11/h1-8H,9H2,(H2,21,24)(H,22,25). The van der Waals surface area contributed by atoms with Gasteiger partial charge in [0, 0.05) is 0 Å². The Labute approximate surface area is 164 Å². The number of nitrogens with two attached hydrogens (primary N) is 1. The number of primary amides is 1. The number of carbonyl (C=O) groups is 3. The summed E-state index contributed by atoms with van der Waals surface area (Å²) in [5, 5.41) is 1.38. The number of rotatable bonds is 5. The molecule has 3 N–H and O–H groups in total. The Balaban J connectivity index is 1.89. The minimum absolute atomic E-state index is 0.0724. The summed E-state index contributed by atoms with van der Waals surface area (Å²) < 4.78 is 5.16. The van der Waals surface area contributed by atoms with Crippen molar-refractivity contribution in [2.45, 2.75) is 0 Å². The van der Waals surface area contributed by atoms with E-state index in [0.717, 1.165) is 5.01 Å². The van der Waals surface area contributed by atoms with E-state index in [-0.39, 0.29) is 28.0 Å². The van der Waals surface area contributed by atoms with Gasteiger partial charge in [0.25, 0.3) is 17.7 Å². The normalized spacial score (nSPS) is 15.2. The van der Waals surface area contributed by atoms with Crippen molar-refractivity contribution in [1.29, 1.82) is 0 Å². The third-order valence-corrected chi connectivity index (χ3v) is 4.16. The molecule has 2 aromatic rings. The van der Waals surface area contributed by atoms with E-state index in [1.165, 1.54) is 18.2 Å². The van der Waals surface area contributed by atoms with E-state index in [1.54, 1.807) is 30.3 Å². The maximum absolute atomic E-state index is 12.6. The maximum atomic E-state index is 12.6. The molecule has 138 valence electrons. The van der Waals surface area contributed by atoms with Crippen LogP contribution in [-0.4, -0.2) is 24.3 Å². The first-order valence-corrected chi connectivity index (χ1v) is 8.44. The highest BCUT2D eigenvalue weighted by atomic mass is 35.5. The van der Waals surface area contributed by atoms with Crippen molar-refractivity contribution < 1.29 is 19.1 Å². The van der Waals surface area contributed by atoms with Gasteiger partial charge < -0.3 is 10.5 Å². The van der Waals surface area contributed by atoms with Gasteiger partial charge in [-0.3, -0.25) is 19.8 Å². The highest BCUT2D eigenvalue weighted by Crippen LogP contribution is 2.35. The SMILES string of the molecule is NC(=O)COc1c(Cl)cc(C=C2C(=O)NN(c3ccccc3)C2=O)cc1Cl. The Morgan fingerprint density at radius 3 is 2.37 bits per heavy atom. The Morgan fingerprint density at radius 1 is 1.15 bits per heavy atom. The zero-order valence-corrected chi connectivity index (χ0v) is 15.3. The number of amides is 3. The molecule has 2 aromatic carbocycles. The van der Waals surface area contributed by atoms with Crippen LogP contribution in [0.1, 0.15) is 5.56 Å². The summed E-state index contributed by atoms with van der Waals surface area (Å²) in [4.78, 5) is 35.6. The molecule has 0 aromatic heterocycles. The van der Waals surface area contributed by atoms with Crippen LogP contribution in [0.2, 0.25) is 10.0 Å². The minimum Gasteiger partial charge on any atom is -0.481 e. The predicted molar refractivity (Wildman–Crippen MR) is 101 cm³/mol. The lowest BCUT2D eigenvalue weighted by Crippen LogP contribution is -2.35. The molecule has 27 heavy (non-hydrogen) atoms. The van der Waals surface area contributed by atoms with E-state index in [2.05, 4.69) is 5.43 Å². The Morgan fingerprint density at radius 2 is 1.78 bits per heavy atom. The second kappa shape index (κ2) is 7.69. The van der Waals surface area contributed by atoms with Gasteiger partial charge in [-0.05, 0) is 35.9 Å². The van der Waals surface area contributed by atoms with Crippen molar-refractivity contribution in [2.75, 3.05) is 11.6 Å². The molecule has 1 aliphatic rings. The Bertz CT molecular complexity index is 937. The lowest BCUT2D eigenvalue weighted by Gasteiger charge is -2.13. The maximum Gasteiger partial charge on any atom is 0.282 e. The first-order chi connectivity index (χ1) is 12.9. The molecule has 9 heteroatoms. The molecule has 1 fully saturated rings. The number of benzene rings is 2. The van der Waals surface area contributed by atoms with Crippen LogP contribution in [0.3, 0.4) is 0 Å². The zero-order chi connectivity index (χ0) is 19.6. The van der Waals surface area contributed by atoms with Crippen molar-refractivity contribution in [3.05, 3.63) is 63.6 Å². The van der Waals surface area contributed by atoms with E-state index < -0.39 is 17.7 Å². The minimum atomic E-state index is -0.678. The largest absolute Gasteiger partial charge is 0.481 e. The molecule has 3 amide bonds. The fraction of sp³-hybridized carbons (Fsp3) is 0.0556. The van der Waals surface area contributed by atoms with E-state index in [4.69, 9.17) is 33.7 Å². The van der Waals surface area contributed by atoms with Gasteiger partial charge >= 0.3 is 0 Å². The van der Waals surface area contributed by atoms with Gasteiger partial charge in [0.2, 0.25) is 0 Å². The molecule has 0 spiro atoms. The first-order valence-electron chi connectivity index (χ1n) is 7.69. The monoisotopic (exact) mass is 405 g/mol. The summed E-state index contributed by atoms with van der Waals surface area (Å²) >= 11 is 12.2. The van der Waals surface area contributed by atoms with Crippen LogP contribution in [0, 0.1) is 0 Å².